The fraction of sp³-hybridized carbons (Fsp3) is 0.588. The van der Waals surface area contributed by atoms with E-state index in [9.17, 15) is 10.1 Å². The van der Waals surface area contributed by atoms with E-state index >= 15 is 0 Å². The fourth-order valence-electron chi connectivity index (χ4n) is 6.59. The van der Waals surface area contributed by atoms with Gasteiger partial charge in [-0.2, -0.15) is 5.26 Å². The number of hydrogen-bond donors (Lipinski definition) is 1. The highest BCUT2D eigenvalue weighted by molar-refractivity contribution is 5.66. The summed E-state index contributed by atoms with van der Waals surface area (Å²) in [7, 11) is 1.58. The molecule has 0 aromatic heterocycles. The van der Waals surface area contributed by atoms with Gasteiger partial charge in [-0.05, 0) is 66.9 Å². The second-order valence-electron chi connectivity index (χ2n) is 12.9. The van der Waals surface area contributed by atoms with Gasteiger partial charge in [0.25, 0.3) is 0 Å². The summed E-state index contributed by atoms with van der Waals surface area (Å²) in [5.41, 5.74) is 3.25. The summed E-state index contributed by atoms with van der Waals surface area (Å²) in [6, 6.07) is 22.0. The maximum Gasteiger partial charge on any atom is 0.407 e. The van der Waals surface area contributed by atoms with E-state index in [2.05, 4.69) is 85.3 Å². The van der Waals surface area contributed by atoms with Crippen molar-refractivity contribution in [3.05, 3.63) is 65.7 Å². The van der Waals surface area contributed by atoms with Crippen LogP contribution < -0.4 is 10.2 Å². The zero-order valence-corrected chi connectivity index (χ0v) is 25.2. The molecule has 0 spiro atoms. The number of piperidine rings is 1. The van der Waals surface area contributed by atoms with Crippen molar-refractivity contribution in [3.8, 4) is 6.07 Å². The highest BCUT2D eigenvalue weighted by Crippen LogP contribution is 2.43. The van der Waals surface area contributed by atoms with Crippen LogP contribution in [0.25, 0.3) is 0 Å². The van der Waals surface area contributed by atoms with Crippen molar-refractivity contribution in [1.29, 1.82) is 5.26 Å². The van der Waals surface area contributed by atoms with E-state index in [1.807, 2.05) is 18.2 Å². The first-order valence-electron chi connectivity index (χ1n) is 15.1. The minimum atomic E-state index is -0.673. The molecule has 4 rings (SSSR count). The highest BCUT2D eigenvalue weighted by Gasteiger charge is 2.45. The Morgan fingerprint density at radius 3 is 2.25 bits per heavy atom. The van der Waals surface area contributed by atoms with E-state index in [0.29, 0.717) is 12.3 Å². The number of carbonyl (C=O) groups excluding carboxylic acids is 1. The van der Waals surface area contributed by atoms with Gasteiger partial charge in [-0.3, -0.25) is 0 Å². The summed E-state index contributed by atoms with van der Waals surface area (Å²) in [6.07, 6.45) is 3.42. The highest BCUT2D eigenvalue weighted by atomic mass is 16.6. The van der Waals surface area contributed by atoms with E-state index < -0.39 is 11.5 Å². The number of nitrogens with zero attached hydrogens (tertiary/aromatic N) is 3. The maximum absolute atomic E-state index is 12.1. The van der Waals surface area contributed by atoms with E-state index in [4.69, 9.17) is 4.74 Å². The van der Waals surface area contributed by atoms with Crippen LogP contribution in [0.5, 0.6) is 0 Å². The van der Waals surface area contributed by atoms with Gasteiger partial charge in [0.2, 0.25) is 0 Å². The van der Waals surface area contributed by atoms with Crippen molar-refractivity contribution in [1.82, 2.24) is 10.2 Å². The van der Waals surface area contributed by atoms with Crippen molar-refractivity contribution in [2.24, 2.45) is 11.8 Å². The topological polar surface area (TPSA) is 68.6 Å². The molecule has 2 heterocycles. The van der Waals surface area contributed by atoms with Gasteiger partial charge in [-0.1, -0.05) is 76.6 Å². The van der Waals surface area contributed by atoms with Crippen LogP contribution in [0.15, 0.2) is 54.6 Å². The van der Waals surface area contributed by atoms with Crippen molar-refractivity contribution in [3.63, 3.8) is 0 Å². The van der Waals surface area contributed by atoms with Gasteiger partial charge in [0.05, 0.1) is 11.5 Å². The van der Waals surface area contributed by atoms with Crippen molar-refractivity contribution in [2.75, 3.05) is 44.7 Å². The van der Waals surface area contributed by atoms with E-state index in [0.717, 1.165) is 64.0 Å². The summed E-state index contributed by atoms with van der Waals surface area (Å²) in [5, 5.41) is 13.3. The molecule has 0 saturated carbocycles. The SMILES string of the molecule is CCC[C@H](CC(C#N)(c1ccccc1)C1CCN(CC2CN(c3ccc(C(C)(C)C)cc3)C2)CC1)OC(=O)NC. The minimum Gasteiger partial charge on any atom is -0.446 e. The molecule has 0 bridgehead atoms. The molecule has 2 atom stereocenters. The first kappa shape index (κ1) is 29.9. The molecular weight excluding hydrogens is 496 g/mol. The third kappa shape index (κ3) is 6.99. The van der Waals surface area contributed by atoms with Crippen LogP contribution in [0.2, 0.25) is 0 Å². The predicted molar refractivity (Wildman–Crippen MR) is 163 cm³/mol. The lowest BCUT2D eigenvalue weighted by atomic mass is 9.64. The zero-order chi connectivity index (χ0) is 28.8. The predicted octanol–water partition coefficient (Wildman–Crippen LogP) is 6.51. The Hall–Kier alpha value is -3.04. The minimum absolute atomic E-state index is 0.180. The molecule has 0 radical (unpaired) electrons. The summed E-state index contributed by atoms with van der Waals surface area (Å²) >= 11 is 0. The Morgan fingerprint density at radius 2 is 1.70 bits per heavy atom. The third-order valence-electron chi connectivity index (χ3n) is 8.98. The number of carbonyl (C=O) groups is 1. The lowest BCUT2D eigenvalue weighted by Gasteiger charge is -2.46. The molecular formula is C34H48N4O2. The van der Waals surface area contributed by atoms with E-state index in [1.54, 1.807) is 7.05 Å². The molecule has 1 N–H and O–H groups in total. The Balaban J connectivity index is 1.37. The lowest BCUT2D eigenvalue weighted by Crippen LogP contribution is -2.53. The molecule has 216 valence electrons. The monoisotopic (exact) mass is 544 g/mol. The molecule has 0 aliphatic carbocycles. The summed E-state index contributed by atoms with van der Waals surface area (Å²) < 4.78 is 5.76. The van der Waals surface area contributed by atoms with Gasteiger partial charge >= 0.3 is 6.09 Å². The van der Waals surface area contributed by atoms with Crippen LogP contribution in [0.3, 0.4) is 0 Å². The van der Waals surface area contributed by atoms with Crippen LogP contribution in [0.4, 0.5) is 10.5 Å². The van der Waals surface area contributed by atoms with Crippen molar-refractivity contribution >= 4 is 11.8 Å². The zero-order valence-electron chi connectivity index (χ0n) is 25.2. The molecule has 2 saturated heterocycles. The van der Waals surface area contributed by atoms with Crippen LogP contribution in [0.1, 0.15) is 70.9 Å². The molecule has 40 heavy (non-hydrogen) atoms. The van der Waals surface area contributed by atoms with Gasteiger partial charge in [-0.15, -0.1) is 0 Å². The lowest BCUT2D eigenvalue weighted by molar-refractivity contribution is 0.0578. The van der Waals surface area contributed by atoms with Gasteiger partial charge in [-0.25, -0.2) is 4.79 Å². The number of nitriles is 1. The Morgan fingerprint density at radius 1 is 1.05 bits per heavy atom. The quantitative estimate of drug-likeness (QED) is 0.369. The van der Waals surface area contributed by atoms with Gasteiger partial charge < -0.3 is 19.9 Å². The number of nitrogens with one attached hydrogen (secondary N) is 1. The molecule has 2 aliphatic rings. The van der Waals surface area contributed by atoms with Crippen LogP contribution in [-0.2, 0) is 15.6 Å². The second-order valence-corrected chi connectivity index (χ2v) is 12.9. The molecule has 1 unspecified atom stereocenters. The summed E-state index contributed by atoms with van der Waals surface area (Å²) in [5.74, 6) is 0.909. The largest absolute Gasteiger partial charge is 0.446 e. The molecule has 2 aliphatic heterocycles. The van der Waals surface area contributed by atoms with Crippen molar-refractivity contribution in [2.45, 2.75) is 76.7 Å². The third-order valence-corrected chi connectivity index (χ3v) is 8.98. The number of amides is 1. The molecule has 6 heteroatoms. The number of alkyl carbamates (subject to hydrolysis) is 1. The van der Waals surface area contributed by atoms with E-state index in [1.165, 1.54) is 11.3 Å². The Labute approximate surface area is 241 Å². The summed E-state index contributed by atoms with van der Waals surface area (Å²) in [4.78, 5) is 17.2. The van der Waals surface area contributed by atoms with Crippen LogP contribution >= 0.6 is 0 Å². The number of benzene rings is 2. The number of hydrogen-bond acceptors (Lipinski definition) is 5. The second kappa shape index (κ2) is 13.1. The molecule has 2 fully saturated rings. The molecule has 6 nitrogen and oxygen atoms in total. The standard InChI is InChI=1S/C34H48N4O2/c1-6-10-31(40-32(39)36-5)21-34(25-35,28-11-8-7-9-12-28)29-17-19-37(20-18-29)22-26-23-38(24-26)30-15-13-27(14-16-30)33(2,3)4/h7-9,11-16,26,29,31H,6,10,17-24H2,1-5H3,(H,36,39)/t31-,34?/m1/s1. The number of ether oxygens (including phenoxy) is 1. The van der Waals surface area contributed by atoms with Gasteiger partial charge in [0, 0.05) is 44.7 Å². The molecule has 2 aromatic rings. The first-order chi connectivity index (χ1) is 19.2. The average Bonchev–Trinajstić information content (AvgIpc) is 2.94. The Kier molecular flexibility index (Phi) is 9.79. The van der Waals surface area contributed by atoms with E-state index in [-0.39, 0.29) is 17.4 Å². The number of rotatable bonds is 10. The van der Waals surface area contributed by atoms with Crippen LogP contribution in [0, 0.1) is 23.2 Å². The van der Waals surface area contributed by atoms with Gasteiger partial charge in [0.1, 0.15) is 6.10 Å². The number of anilines is 1. The molecule has 2 aromatic carbocycles. The van der Waals surface area contributed by atoms with Crippen molar-refractivity contribution < 1.29 is 9.53 Å². The molecule has 1 amide bonds. The average molecular weight is 545 g/mol. The fourth-order valence-corrected chi connectivity index (χ4v) is 6.59. The maximum atomic E-state index is 12.1. The number of likely N-dealkylation sites (tertiary alicyclic amines) is 1. The van der Waals surface area contributed by atoms with Gasteiger partial charge in [0.15, 0.2) is 0 Å². The Bertz CT molecular complexity index is 1120. The smallest absolute Gasteiger partial charge is 0.407 e. The van der Waals surface area contributed by atoms with Crippen LogP contribution in [-0.4, -0.2) is 56.9 Å². The summed E-state index contributed by atoms with van der Waals surface area (Å²) in [6.45, 7) is 14.2. The normalized spacial score (nSPS) is 19.2. The first-order valence-corrected chi connectivity index (χ1v) is 15.1.